The van der Waals surface area contributed by atoms with E-state index in [9.17, 15) is 8.78 Å². The molecule has 0 bridgehead atoms. The van der Waals surface area contributed by atoms with Crippen LogP contribution in [0.4, 0.5) is 8.78 Å². The van der Waals surface area contributed by atoms with Crippen LogP contribution in [0.2, 0.25) is 0 Å². The van der Waals surface area contributed by atoms with Crippen LogP contribution in [0, 0.1) is 23.0 Å². The van der Waals surface area contributed by atoms with Crippen LogP contribution in [0.25, 0.3) is 0 Å². The average molecular weight is 199 g/mol. The van der Waals surface area contributed by atoms with Gasteiger partial charge in [-0.2, -0.15) is 5.26 Å². The summed E-state index contributed by atoms with van der Waals surface area (Å²) in [4.78, 5) is 0.386. The van der Waals surface area contributed by atoms with E-state index in [1.54, 1.807) is 0 Å². The number of nitrogens with zero attached hydrogens (tertiary/aromatic N) is 1. The number of thioether (sulfide) groups is 1. The first-order valence-corrected chi connectivity index (χ1v) is 4.67. The summed E-state index contributed by atoms with van der Waals surface area (Å²) >= 11 is 1.22. The molecule has 0 spiro atoms. The summed E-state index contributed by atoms with van der Waals surface area (Å²) in [6.07, 6.45) is 0.363. The number of rotatable bonds is 3. The zero-order chi connectivity index (χ0) is 9.68. The van der Waals surface area contributed by atoms with Gasteiger partial charge >= 0.3 is 0 Å². The second-order valence-electron chi connectivity index (χ2n) is 2.33. The Morgan fingerprint density at radius 2 is 2.15 bits per heavy atom. The predicted molar refractivity (Wildman–Crippen MR) is 47.3 cm³/mol. The number of hydrogen-bond acceptors (Lipinski definition) is 2. The summed E-state index contributed by atoms with van der Waals surface area (Å²) in [6.45, 7) is 0. The van der Waals surface area contributed by atoms with Crippen molar-refractivity contribution in [2.24, 2.45) is 0 Å². The van der Waals surface area contributed by atoms with Crippen molar-refractivity contribution in [3.63, 3.8) is 0 Å². The van der Waals surface area contributed by atoms with Crippen molar-refractivity contribution in [1.82, 2.24) is 0 Å². The van der Waals surface area contributed by atoms with Crippen molar-refractivity contribution >= 4 is 11.8 Å². The SMILES string of the molecule is N#CCCSc1ccc(F)cc1F. The van der Waals surface area contributed by atoms with Crippen molar-refractivity contribution in [1.29, 1.82) is 5.26 Å². The van der Waals surface area contributed by atoms with Gasteiger partial charge in [0.05, 0.1) is 6.07 Å². The summed E-state index contributed by atoms with van der Waals surface area (Å²) in [5, 5.41) is 8.24. The van der Waals surface area contributed by atoms with Gasteiger partial charge < -0.3 is 0 Å². The van der Waals surface area contributed by atoms with E-state index >= 15 is 0 Å². The van der Waals surface area contributed by atoms with E-state index in [1.165, 1.54) is 23.9 Å². The molecule has 0 fully saturated rings. The fourth-order valence-corrected chi connectivity index (χ4v) is 1.57. The molecule has 0 saturated heterocycles. The maximum absolute atomic E-state index is 12.9. The van der Waals surface area contributed by atoms with Crippen LogP contribution in [-0.4, -0.2) is 5.75 Å². The van der Waals surface area contributed by atoms with Crippen molar-refractivity contribution < 1.29 is 8.78 Å². The number of nitriles is 1. The first-order chi connectivity index (χ1) is 6.24. The van der Waals surface area contributed by atoms with Crippen molar-refractivity contribution in [2.75, 3.05) is 5.75 Å². The Kier molecular flexibility index (Phi) is 3.71. The number of benzene rings is 1. The molecule has 0 amide bonds. The molecule has 0 aliphatic rings. The van der Waals surface area contributed by atoms with E-state index in [0.717, 1.165) is 6.07 Å². The van der Waals surface area contributed by atoms with Gasteiger partial charge in [0.25, 0.3) is 0 Å². The van der Waals surface area contributed by atoms with Crippen LogP contribution in [0.3, 0.4) is 0 Å². The zero-order valence-corrected chi connectivity index (χ0v) is 7.57. The highest BCUT2D eigenvalue weighted by Crippen LogP contribution is 2.22. The Balaban J connectivity index is 2.62. The highest BCUT2D eigenvalue weighted by atomic mass is 32.2. The van der Waals surface area contributed by atoms with E-state index in [2.05, 4.69) is 0 Å². The highest BCUT2D eigenvalue weighted by molar-refractivity contribution is 7.99. The lowest BCUT2D eigenvalue weighted by atomic mass is 10.3. The van der Waals surface area contributed by atoms with Crippen molar-refractivity contribution in [2.45, 2.75) is 11.3 Å². The van der Waals surface area contributed by atoms with E-state index < -0.39 is 11.6 Å². The highest BCUT2D eigenvalue weighted by Gasteiger charge is 2.03. The van der Waals surface area contributed by atoms with Gasteiger partial charge in [-0.25, -0.2) is 8.78 Å². The Labute approximate surface area is 79.4 Å². The molecular formula is C9H7F2NS. The molecule has 0 N–H and O–H groups in total. The summed E-state index contributed by atoms with van der Waals surface area (Å²) in [5.41, 5.74) is 0. The molecule has 0 aliphatic heterocycles. The molecule has 0 heterocycles. The van der Waals surface area contributed by atoms with E-state index in [-0.39, 0.29) is 0 Å². The smallest absolute Gasteiger partial charge is 0.139 e. The third kappa shape index (κ3) is 3.03. The maximum Gasteiger partial charge on any atom is 0.139 e. The van der Waals surface area contributed by atoms with Crippen LogP contribution in [0.5, 0.6) is 0 Å². The minimum Gasteiger partial charge on any atom is -0.207 e. The fourth-order valence-electron chi connectivity index (χ4n) is 0.799. The quantitative estimate of drug-likeness (QED) is 0.552. The molecule has 0 aliphatic carbocycles. The van der Waals surface area contributed by atoms with Gasteiger partial charge in [-0.05, 0) is 12.1 Å². The van der Waals surface area contributed by atoms with Crippen LogP contribution < -0.4 is 0 Å². The minimum absolute atomic E-state index is 0.363. The van der Waals surface area contributed by atoms with Crippen LogP contribution in [0.15, 0.2) is 23.1 Å². The first-order valence-electron chi connectivity index (χ1n) is 3.69. The van der Waals surface area contributed by atoms with Crippen LogP contribution >= 0.6 is 11.8 Å². The maximum atomic E-state index is 12.9. The second-order valence-corrected chi connectivity index (χ2v) is 3.47. The van der Waals surface area contributed by atoms with Gasteiger partial charge in [0, 0.05) is 23.1 Å². The molecule has 0 atom stereocenters. The van der Waals surface area contributed by atoms with Gasteiger partial charge in [0.1, 0.15) is 11.6 Å². The Morgan fingerprint density at radius 3 is 2.77 bits per heavy atom. The molecule has 1 rings (SSSR count). The Bertz CT molecular complexity index is 333. The fraction of sp³-hybridized carbons (Fsp3) is 0.222. The lowest BCUT2D eigenvalue weighted by molar-refractivity contribution is 0.565. The minimum atomic E-state index is -0.581. The molecule has 1 aromatic rings. The van der Waals surface area contributed by atoms with Gasteiger partial charge in [0.15, 0.2) is 0 Å². The molecule has 0 saturated carbocycles. The number of hydrogen-bond donors (Lipinski definition) is 0. The third-order valence-electron chi connectivity index (χ3n) is 1.37. The number of halogens is 2. The lowest BCUT2D eigenvalue weighted by Crippen LogP contribution is -1.84. The Hall–Kier alpha value is -1.08. The van der Waals surface area contributed by atoms with Crippen LogP contribution in [-0.2, 0) is 0 Å². The molecule has 0 radical (unpaired) electrons. The monoisotopic (exact) mass is 199 g/mol. The van der Waals surface area contributed by atoms with Crippen molar-refractivity contribution in [3.05, 3.63) is 29.8 Å². The van der Waals surface area contributed by atoms with Gasteiger partial charge in [-0.3, -0.25) is 0 Å². The summed E-state index contributed by atoms with van der Waals surface area (Å²) in [7, 11) is 0. The predicted octanol–water partition coefficient (Wildman–Crippen LogP) is 2.97. The van der Waals surface area contributed by atoms with Crippen molar-refractivity contribution in [3.8, 4) is 6.07 Å². The molecule has 1 nitrogen and oxygen atoms in total. The zero-order valence-electron chi connectivity index (χ0n) is 6.76. The molecule has 0 aromatic heterocycles. The summed E-state index contributed by atoms with van der Waals surface area (Å²) in [6, 6.07) is 5.38. The average Bonchev–Trinajstić information content (AvgIpc) is 2.09. The topological polar surface area (TPSA) is 23.8 Å². The largest absolute Gasteiger partial charge is 0.207 e. The standard InChI is InChI=1S/C9H7F2NS/c10-7-2-3-9(8(11)6-7)13-5-1-4-12/h2-3,6H,1,5H2. The van der Waals surface area contributed by atoms with Crippen LogP contribution in [0.1, 0.15) is 6.42 Å². The van der Waals surface area contributed by atoms with E-state index in [0.29, 0.717) is 17.1 Å². The normalized spacial score (nSPS) is 9.62. The molecule has 13 heavy (non-hydrogen) atoms. The van der Waals surface area contributed by atoms with Gasteiger partial charge in [-0.1, -0.05) is 0 Å². The second kappa shape index (κ2) is 4.83. The summed E-state index contributed by atoms with van der Waals surface area (Å²) in [5.74, 6) is -0.621. The lowest BCUT2D eigenvalue weighted by Gasteiger charge is -1.99. The molecule has 0 unspecified atom stereocenters. The first kappa shape index (κ1) is 10.0. The van der Waals surface area contributed by atoms with Gasteiger partial charge in [0.2, 0.25) is 0 Å². The van der Waals surface area contributed by atoms with E-state index in [4.69, 9.17) is 5.26 Å². The molecule has 4 heteroatoms. The summed E-state index contributed by atoms with van der Waals surface area (Å²) < 4.78 is 25.4. The molecular weight excluding hydrogens is 192 g/mol. The molecule has 68 valence electrons. The molecule has 1 aromatic carbocycles. The third-order valence-corrected chi connectivity index (χ3v) is 2.42. The van der Waals surface area contributed by atoms with Gasteiger partial charge in [-0.15, -0.1) is 11.8 Å². The van der Waals surface area contributed by atoms with E-state index in [1.807, 2.05) is 6.07 Å². The Morgan fingerprint density at radius 1 is 1.38 bits per heavy atom.